The third-order valence-electron chi connectivity index (χ3n) is 5.66. The lowest BCUT2D eigenvalue weighted by molar-refractivity contribution is -0.137. The average molecular weight is 451 g/mol. The van der Waals surface area contributed by atoms with Crippen molar-refractivity contribution in [2.24, 2.45) is 0 Å². The van der Waals surface area contributed by atoms with Crippen LogP contribution in [0.15, 0.2) is 42.5 Å². The van der Waals surface area contributed by atoms with Crippen molar-refractivity contribution in [3.8, 4) is 0 Å². The summed E-state index contributed by atoms with van der Waals surface area (Å²) < 4.78 is 58.4. The van der Waals surface area contributed by atoms with Crippen molar-refractivity contribution in [1.29, 1.82) is 0 Å². The Bertz CT molecular complexity index is 939. The first kappa shape index (κ1) is 22.5. The van der Waals surface area contributed by atoms with E-state index in [0.29, 0.717) is 38.5 Å². The van der Waals surface area contributed by atoms with E-state index in [2.05, 4.69) is 5.32 Å². The number of hydrogen-bond donors (Lipinski definition) is 1. The van der Waals surface area contributed by atoms with Crippen molar-refractivity contribution in [3.63, 3.8) is 0 Å². The largest absolute Gasteiger partial charge is 0.416 e. The molecule has 1 amide bonds. The van der Waals surface area contributed by atoms with E-state index in [1.807, 2.05) is 9.80 Å². The fourth-order valence-corrected chi connectivity index (χ4v) is 3.84. The molecule has 5 nitrogen and oxygen atoms in total. The number of hydrogen-bond acceptors (Lipinski definition) is 4. The normalized spacial score (nSPS) is 17.0. The summed E-state index contributed by atoms with van der Waals surface area (Å²) in [6.45, 7) is 2.53. The van der Waals surface area contributed by atoms with Crippen LogP contribution in [0.3, 0.4) is 0 Å². The summed E-state index contributed by atoms with van der Waals surface area (Å²) in [7, 11) is 0. The smallest absolute Gasteiger partial charge is 0.378 e. The predicted molar refractivity (Wildman–Crippen MR) is 113 cm³/mol. The molecule has 1 heterocycles. The van der Waals surface area contributed by atoms with Gasteiger partial charge >= 0.3 is 6.18 Å². The Morgan fingerprint density at radius 1 is 1.09 bits per heavy atom. The van der Waals surface area contributed by atoms with Gasteiger partial charge in [-0.1, -0.05) is 12.1 Å². The third-order valence-corrected chi connectivity index (χ3v) is 5.66. The van der Waals surface area contributed by atoms with Crippen LogP contribution in [0.25, 0.3) is 0 Å². The molecule has 172 valence electrons. The monoisotopic (exact) mass is 451 g/mol. The number of alkyl halides is 3. The van der Waals surface area contributed by atoms with Gasteiger partial charge in [-0.05, 0) is 48.7 Å². The Morgan fingerprint density at radius 2 is 1.78 bits per heavy atom. The van der Waals surface area contributed by atoms with E-state index in [4.69, 9.17) is 4.74 Å². The minimum Gasteiger partial charge on any atom is -0.378 e. The van der Waals surface area contributed by atoms with Crippen molar-refractivity contribution in [3.05, 3.63) is 59.4 Å². The Labute approximate surface area is 183 Å². The molecule has 2 aromatic rings. The van der Waals surface area contributed by atoms with Crippen LogP contribution in [-0.4, -0.2) is 49.7 Å². The van der Waals surface area contributed by atoms with Crippen LogP contribution in [-0.2, 0) is 22.3 Å². The number of nitrogens with one attached hydrogen (secondary N) is 1. The van der Waals surface area contributed by atoms with Gasteiger partial charge < -0.3 is 15.0 Å². The molecule has 1 aliphatic heterocycles. The van der Waals surface area contributed by atoms with Crippen molar-refractivity contribution in [2.75, 3.05) is 43.1 Å². The van der Waals surface area contributed by atoms with E-state index in [9.17, 15) is 22.4 Å². The van der Waals surface area contributed by atoms with Gasteiger partial charge in [-0.3, -0.25) is 9.69 Å². The second kappa shape index (κ2) is 9.46. The zero-order valence-electron chi connectivity index (χ0n) is 17.5. The van der Waals surface area contributed by atoms with Crippen molar-refractivity contribution >= 4 is 17.3 Å². The number of carbonyl (C=O) groups is 1. The third kappa shape index (κ3) is 5.77. The number of benzene rings is 2. The highest BCUT2D eigenvalue weighted by molar-refractivity contribution is 5.96. The van der Waals surface area contributed by atoms with Gasteiger partial charge in [0.25, 0.3) is 0 Å². The maximum absolute atomic E-state index is 13.3. The van der Waals surface area contributed by atoms with E-state index in [1.54, 1.807) is 12.1 Å². The van der Waals surface area contributed by atoms with Crippen LogP contribution in [0.4, 0.5) is 28.9 Å². The summed E-state index contributed by atoms with van der Waals surface area (Å²) in [6, 6.07) is 9.76. The fourth-order valence-electron chi connectivity index (χ4n) is 3.84. The fraction of sp³-hybridized carbons (Fsp3) is 0.435. The van der Waals surface area contributed by atoms with E-state index in [-0.39, 0.29) is 30.0 Å². The minimum absolute atomic E-state index is 0.0425. The van der Waals surface area contributed by atoms with Crippen LogP contribution >= 0.6 is 0 Å². The molecule has 2 aliphatic rings. The van der Waals surface area contributed by atoms with Gasteiger partial charge in [-0.25, -0.2) is 4.39 Å². The Balaban J connectivity index is 1.50. The van der Waals surface area contributed by atoms with E-state index < -0.39 is 11.7 Å². The van der Waals surface area contributed by atoms with Crippen LogP contribution < -0.4 is 10.2 Å². The highest BCUT2D eigenvalue weighted by Crippen LogP contribution is 2.36. The van der Waals surface area contributed by atoms with Gasteiger partial charge in [0.05, 0.1) is 36.7 Å². The summed E-state index contributed by atoms with van der Waals surface area (Å²) in [5, 5.41) is 2.71. The van der Waals surface area contributed by atoms with Gasteiger partial charge in [0.1, 0.15) is 5.82 Å². The molecular formula is C23H25F4N3O2. The lowest BCUT2D eigenvalue weighted by atomic mass is 10.1. The number of anilines is 2. The van der Waals surface area contributed by atoms with Crippen LogP contribution in [0, 0.1) is 5.82 Å². The minimum atomic E-state index is -4.51. The Morgan fingerprint density at radius 3 is 2.41 bits per heavy atom. The van der Waals surface area contributed by atoms with Gasteiger partial charge in [0, 0.05) is 25.7 Å². The highest BCUT2D eigenvalue weighted by Gasteiger charge is 2.33. The summed E-state index contributed by atoms with van der Waals surface area (Å²) in [5.74, 6) is -0.711. The second-order valence-corrected chi connectivity index (χ2v) is 8.14. The van der Waals surface area contributed by atoms with Crippen LogP contribution in [0.1, 0.15) is 24.0 Å². The molecule has 1 saturated carbocycles. The highest BCUT2D eigenvalue weighted by atomic mass is 19.4. The van der Waals surface area contributed by atoms with E-state index >= 15 is 0 Å². The molecule has 32 heavy (non-hydrogen) atoms. The van der Waals surface area contributed by atoms with Crippen molar-refractivity contribution < 1.29 is 27.1 Å². The number of carbonyl (C=O) groups excluding carboxylic acids is 1. The van der Waals surface area contributed by atoms with Crippen LogP contribution in [0.5, 0.6) is 0 Å². The molecule has 1 aliphatic carbocycles. The van der Waals surface area contributed by atoms with E-state index in [1.165, 1.54) is 18.2 Å². The number of ether oxygens (including phenoxy) is 1. The first-order chi connectivity index (χ1) is 15.3. The lowest BCUT2D eigenvalue weighted by Gasteiger charge is -2.31. The summed E-state index contributed by atoms with van der Waals surface area (Å²) in [5.41, 5.74) is 0.754. The first-order valence-electron chi connectivity index (χ1n) is 10.6. The zero-order valence-corrected chi connectivity index (χ0v) is 17.5. The molecule has 9 heteroatoms. The molecule has 0 unspecified atom stereocenters. The quantitative estimate of drug-likeness (QED) is 0.639. The number of rotatable bonds is 7. The molecular weight excluding hydrogens is 426 g/mol. The standard InChI is InChI=1S/C23H25F4N3O2/c24-18-4-1-16(2-5-18)14-30(19-6-7-19)15-22(31)28-20-13-17(23(25,26)27)3-8-21(20)29-9-11-32-12-10-29/h1-5,8,13,19H,6-7,9-12,14-15H2,(H,28,31). The molecule has 4 rings (SSSR count). The SMILES string of the molecule is O=C(CN(Cc1ccc(F)cc1)C1CC1)Nc1cc(C(F)(F)F)ccc1N1CCOCC1. The Kier molecular flexibility index (Phi) is 6.66. The predicted octanol–water partition coefficient (Wildman–Crippen LogP) is 4.28. The van der Waals surface area contributed by atoms with Gasteiger partial charge in [-0.15, -0.1) is 0 Å². The number of morpholine rings is 1. The molecule has 0 radical (unpaired) electrons. The number of halogens is 4. The summed E-state index contributed by atoms with van der Waals surface area (Å²) in [4.78, 5) is 16.7. The second-order valence-electron chi connectivity index (χ2n) is 8.14. The van der Waals surface area contributed by atoms with Gasteiger partial charge in [-0.2, -0.15) is 13.2 Å². The Hall–Kier alpha value is -2.65. The molecule has 0 bridgehead atoms. The number of nitrogens with zero attached hydrogens (tertiary/aromatic N) is 2. The molecule has 2 aromatic carbocycles. The summed E-state index contributed by atoms with van der Waals surface area (Å²) >= 11 is 0. The van der Waals surface area contributed by atoms with Gasteiger partial charge in [0.15, 0.2) is 0 Å². The van der Waals surface area contributed by atoms with Crippen molar-refractivity contribution in [2.45, 2.75) is 31.6 Å². The molecule has 2 fully saturated rings. The van der Waals surface area contributed by atoms with Crippen LogP contribution in [0.2, 0.25) is 0 Å². The maximum atomic E-state index is 13.3. The van der Waals surface area contributed by atoms with E-state index in [0.717, 1.165) is 30.5 Å². The topological polar surface area (TPSA) is 44.8 Å². The molecule has 0 aromatic heterocycles. The number of amides is 1. The molecule has 1 saturated heterocycles. The first-order valence-corrected chi connectivity index (χ1v) is 10.6. The molecule has 0 atom stereocenters. The molecule has 0 spiro atoms. The lowest BCUT2D eigenvalue weighted by Crippen LogP contribution is -2.38. The average Bonchev–Trinajstić information content (AvgIpc) is 3.60. The maximum Gasteiger partial charge on any atom is 0.416 e. The summed E-state index contributed by atoms with van der Waals surface area (Å²) in [6.07, 6.45) is -2.60. The van der Waals surface area contributed by atoms with Gasteiger partial charge in [0.2, 0.25) is 5.91 Å². The van der Waals surface area contributed by atoms with Crippen molar-refractivity contribution in [1.82, 2.24) is 4.90 Å². The zero-order chi connectivity index (χ0) is 22.7. The molecule has 1 N–H and O–H groups in total.